The van der Waals surface area contributed by atoms with Gasteiger partial charge in [0.05, 0.1) is 5.56 Å². The lowest BCUT2D eigenvalue weighted by Crippen LogP contribution is -2.07. The Morgan fingerprint density at radius 1 is 1.05 bits per heavy atom. The standard InChI is InChI=1S/C19H30O3/c1-3-4-5-6-7-8-9-10-11-16-12-13-17(18(20)14-16)19(21)15-22-2/h12-14,20H,3-11,15H2,1-2H3. The average molecular weight is 306 g/mol. The molecule has 22 heavy (non-hydrogen) atoms. The Labute approximate surface area is 134 Å². The lowest BCUT2D eigenvalue weighted by Gasteiger charge is -2.07. The Kier molecular flexibility index (Phi) is 9.56. The van der Waals surface area contributed by atoms with Gasteiger partial charge in [0.15, 0.2) is 5.78 Å². The molecule has 1 aromatic rings. The van der Waals surface area contributed by atoms with E-state index in [-0.39, 0.29) is 18.1 Å². The van der Waals surface area contributed by atoms with Gasteiger partial charge >= 0.3 is 0 Å². The molecule has 0 aliphatic carbocycles. The number of aromatic hydroxyl groups is 1. The summed E-state index contributed by atoms with van der Waals surface area (Å²) in [4.78, 5) is 11.7. The van der Waals surface area contributed by atoms with Crippen molar-refractivity contribution in [2.45, 2.75) is 64.7 Å². The predicted molar refractivity (Wildman–Crippen MR) is 90.6 cm³/mol. The van der Waals surface area contributed by atoms with Crippen LogP contribution in [0.3, 0.4) is 0 Å². The molecule has 0 radical (unpaired) electrons. The highest BCUT2D eigenvalue weighted by Crippen LogP contribution is 2.21. The van der Waals surface area contributed by atoms with Crippen LogP contribution in [0.25, 0.3) is 0 Å². The maximum absolute atomic E-state index is 11.7. The van der Waals surface area contributed by atoms with Gasteiger partial charge in [-0.05, 0) is 30.5 Å². The summed E-state index contributed by atoms with van der Waals surface area (Å²) >= 11 is 0. The Hall–Kier alpha value is -1.35. The molecule has 0 saturated heterocycles. The number of phenolic OH excluding ortho intramolecular Hbond substituents is 1. The van der Waals surface area contributed by atoms with Crippen LogP contribution in [0.4, 0.5) is 0 Å². The number of methoxy groups -OCH3 is 1. The van der Waals surface area contributed by atoms with Gasteiger partial charge in [0.25, 0.3) is 0 Å². The smallest absolute Gasteiger partial charge is 0.192 e. The number of benzene rings is 1. The summed E-state index contributed by atoms with van der Waals surface area (Å²) in [6, 6.07) is 5.35. The average Bonchev–Trinajstić information content (AvgIpc) is 2.50. The number of ether oxygens (including phenoxy) is 1. The number of aryl methyl sites for hydroxylation is 1. The zero-order valence-corrected chi connectivity index (χ0v) is 14.1. The van der Waals surface area contributed by atoms with Gasteiger partial charge in [0, 0.05) is 7.11 Å². The minimum absolute atomic E-state index is 0.00490. The van der Waals surface area contributed by atoms with Crippen LogP contribution >= 0.6 is 0 Å². The molecule has 3 heteroatoms. The lowest BCUT2D eigenvalue weighted by atomic mass is 10.0. The number of Topliss-reactive ketones (excluding diaryl/α,β-unsaturated/α-hetero) is 1. The Bertz CT molecular complexity index is 440. The maximum atomic E-state index is 11.7. The number of rotatable bonds is 12. The fourth-order valence-corrected chi connectivity index (χ4v) is 2.64. The van der Waals surface area contributed by atoms with Crippen LogP contribution in [0.5, 0.6) is 5.75 Å². The van der Waals surface area contributed by atoms with Crippen LogP contribution in [-0.2, 0) is 11.2 Å². The molecule has 0 bridgehead atoms. The van der Waals surface area contributed by atoms with Crippen molar-refractivity contribution in [3.63, 3.8) is 0 Å². The zero-order chi connectivity index (χ0) is 16.2. The summed E-state index contributed by atoms with van der Waals surface area (Å²) in [6.07, 6.45) is 11.3. The largest absolute Gasteiger partial charge is 0.507 e. The van der Waals surface area contributed by atoms with E-state index in [1.165, 1.54) is 52.1 Å². The zero-order valence-electron chi connectivity index (χ0n) is 14.1. The fraction of sp³-hybridized carbons (Fsp3) is 0.632. The lowest BCUT2D eigenvalue weighted by molar-refractivity contribution is 0.0845. The van der Waals surface area contributed by atoms with Crippen molar-refractivity contribution in [2.75, 3.05) is 13.7 Å². The molecule has 1 aromatic carbocycles. The van der Waals surface area contributed by atoms with Crippen LogP contribution < -0.4 is 0 Å². The Morgan fingerprint density at radius 3 is 2.27 bits per heavy atom. The van der Waals surface area contributed by atoms with E-state index >= 15 is 0 Å². The van der Waals surface area contributed by atoms with Gasteiger partial charge in [-0.1, -0.05) is 57.9 Å². The Morgan fingerprint density at radius 2 is 1.68 bits per heavy atom. The molecule has 0 unspecified atom stereocenters. The van der Waals surface area contributed by atoms with Crippen molar-refractivity contribution in [3.05, 3.63) is 29.3 Å². The molecular weight excluding hydrogens is 276 g/mol. The van der Waals surface area contributed by atoms with Gasteiger partial charge in [-0.15, -0.1) is 0 Å². The van der Waals surface area contributed by atoms with E-state index in [1.807, 2.05) is 6.07 Å². The molecule has 1 rings (SSSR count). The van der Waals surface area contributed by atoms with Gasteiger partial charge in [0.2, 0.25) is 0 Å². The minimum Gasteiger partial charge on any atom is -0.507 e. The van der Waals surface area contributed by atoms with Crippen molar-refractivity contribution in [2.24, 2.45) is 0 Å². The van der Waals surface area contributed by atoms with Gasteiger partial charge in [0.1, 0.15) is 12.4 Å². The van der Waals surface area contributed by atoms with E-state index in [0.717, 1.165) is 18.4 Å². The number of carbonyl (C=O) groups is 1. The van der Waals surface area contributed by atoms with Gasteiger partial charge < -0.3 is 9.84 Å². The van der Waals surface area contributed by atoms with E-state index in [4.69, 9.17) is 4.74 Å². The van der Waals surface area contributed by atoms with Crippen molar-refractivity contribution in [3.8, 4) is 5.75 Å². The predicted octanol–water partition coefficient (Wildman–Crippen LogP) is 4.90. The van der Waals surface area contributed by atoms with Crippen LogP contribution in [0.2, 0.25) is 0 Å². The van der Waals surface area contributed by atoms with Crippen molar-refractivity contribution in [1.29, 1.82) is 0 Å². The normalized spacial score (nSPS) is 10.8. The maximum Gasteiger partial charge on any atom is 0.192 e. The first-order valence-electron chi connectivity index (χ1n) is 8.53. The Balaban J connectivity index is 2.26. The molecule has 0 amide bonds. The fourth-order valence-electron chi connectivity index (χ4n) is 2.64. The van der Waals surface area contributed by atoms with E-state index in [9.17, 15) is 9.90 Å². The number of hydrogen-bond donors (Lipinski definition) is 1. The topological polar surface area (TPSA) is 46.5 Å². The van der Waals surface area contributed by atoms with Gasteiger partial charge in [-0.2, -0.15) is 0 Å². The molecule has 0 heterocycles. The summed E-state index contributed by atoms with van der Waals surface area (Å²) in [7, 11) is 1.48. The van der Waals surface area contributed by atoms with Crippen molar-refractivity contribution >= 4 is 5.78 Å². The summed E-state index contributed by atoms with van der Waals surface area (Å²) in [5.74, 6) is -0.113. The number of phenols is 1. The summed E-state index contributed by atoms with van der Waals surface area (Å²) in [5.41, 5.74) is 1.44. The van der Waals surface area contributed by atoms with Gasteiger partial charge in [-0.25, -0.2) is 0 Å². The minimum atomic E-state index is -0.182. The van der Waals surface area contributed by atoms with Crippen LogP contribution in [0, 0.1) is 0 Å². The first-order chi connectivity index (χ1) is 10.7. The third-order valence-electron chi connectivity index (χ3n) is 3.96. The molecule has 0 saturated carbocycles. The van der Waals surface area contributed by atoms with Crippen molar-refractivity contribution < 1.29 is 14.6 Å². The number of unbranched alkanes of at least 4 members (excludes halogenated alkanes) is 7. The quantitative estimate of drug-likeness (QED) is 0.441. The molecule has 0 spiro atoms. The number of hydrogen-bond acceptors (Lipinski definition) is 3. The van der Waals surface area contributed by atoms with E-state index in [0.29, 0.717) is 5.56 Å². The third-order valence-corrected chi connectivity index (χ3v) is 3.96. The van der Waals surface area contributed by atoms with E-state index in [2.05, 4.69) is 6.92 Å². The molecule has 0 aliphatic rings. The number of carbonyl (C=O) groups excluding carboxylic acids is 1. The molecule has 0 aliphatic heterocycles. The van der Waals surface area contributed by atoms with Crippen molar-refractivity contribution in [1.82, 2.24) is 0 Å². The monoisotopic (exact) mass is 306 g/mol. The molecule has 3 nitrogen and oxygen atoms in total. The first-order valence-corrected chi connectivity index (χ1v) is 8.53. The van der Waals surface area contributed by atoms with Crippen LogP contribution in [0.1, 0.15) is 74.2 Å². The number of ketones is 1. The first kappa shape index (κ1) is 18.7. The highest BCUT2D eigenvalue weighted by Gasteiger charge is 2.11. The summed E-state index contributed by atoms with van der Waals surface area (Å²) in [5, 5.41) is 9.94. The van der Waals surface area contributed by atoms with E-state index in [1.54, 1.807) is 12.1 Å². The molecule has 124 valence electrons. The molecule has 0 fully saturated rings. The molecule has 0 atom stereocenters. The summed E-state index contributed by atoms with van der Waals surface area (Å²) < 4.78 is 4.81. The SMILES string of the molecule is CCCCCCCCCCc1ccc(C(=O)COC)c(O)c1. The van der Waals surface area contributed by atoms with Crippen LogP contribution in [-0.4, -0.2) is 24.6 Å². The van der Waals surface area contributed by atoms with Crippen LogP contribution in [0.15, 0.2) is 18.2 Å². The second kappa shape index (κ2) is 11.2. The molecule has 1 N–H and O–H groups in total. The molecule has 0 aromatic heterocycles. The second-order valence-corrected chi connectivity index (χ2v) is 5.93. The van der Waals surface area contributed by atoms with E-state index < -0.39 is 0 Å². The molecular formula is C19H30O3. The third kappa shape index (κ3) is 7.08. The highest BCUT2D eigenvalue weighted by molar-refractivity contribution is 5.99. The van der Waals surface area contributed by atoms with Gasteiger partial charge in [-0.3, -0.25) is 4.79 Å². The highest BCUT2D eigenvalue weighted by atomic mass is 16.5. The second-order valence-electron chi connectivity index (χ2n) is 5.93. The summed E-state index contributed by atoms with van der Waals surface area (Å²) in [6.45, 7) is 2.24.